The number of methoxy groups -OCH3 is 1. The minimum Gasteiger partial charge on any atom is -0.496 e. The van der Waals surface area contributed by atoms with E-state index in [0.29, 0.717) is 15.8 Å². The van der Waals surface area contributed by atoms with E-state index in [0.717, 1.165) is 0 Å². The first-order valence-electron chi connectivity index (χ1n) is 5.12. The number of hydrogen-bond acceptors (Lipinski definition) is 5. The first-order chi connectivity index (χ1) is 8.43. The molecular formula is C12H13BrO5. The molecule has 6 heteroatoms. The van der Waals surface area contributed by atoms with Crippen LogP contribution in [0.1, 0.15) is 25.7 Å². The molecule has 0 saturated heterocycles. The molecule has 0 bridgehead atoms. The highest BCUT2D eigenvalue weighted by atomic mass is 79.9. The molecule has 0 atom stereocenters. The summed E-state index contributed by atoms with van der Waals surface area (Å²) in [5.74, 6) is -0.440. The van der Waals surface area contributed by atoms with Crippen molar-refractivity contribution >= 4 is 27.9 Å². The van der Waals surface area contributed by atoms with E-state index in [-0.39, 0.29) is 0 Å². The molecular weight excluding hydrogens is 304 g/mol. The van der Waals surface area contributed by atoms with E-state index in [1.165, 1.54) is 21.0 Å². The maximum absolute atomic E-state index is 11.0. The molecule has 18 heavy (non-hydrogen) atoms. The van der Waals surface area contributed by atoms with Gasteiger partial charge in [-0.25, -0.2) is 0 Å². The summed E-state index contributed by atoms with van der Waals surface area (Å²) in [4.78, 5) is 21.9. The second-order valence-electron chi connectivity index (χ2n) is 3.44. The fourth-order valence-electron chi connectivity index (χ4n) is 1.29. The minimum absolute atomic E-state index is 0.534. The van der Waals surface area contributed by atoms with Gasteiger partial charge >= 0.3 is 11.9 Å². The lowest BCUT2D eigenvalue weighted by molar-refractivity contribution is -0.186. The van der Waals surface area contributed by atoms with Crippen molar-refractivity contribution in [2.45, 2.75) is 20.1 Å². The Morgan fingerprint density at radius 3 is 2.11 bits per heavy atom. The molecule has 98 valence electrons. The third kappa shape index (κ3) is 4.03. The highest BCUT2D eigenvalue weighted by molar-refractivity contribution is 9.10. The Morgan fingerprint density at radius 2 is 1.72 bits per heavy atom. The molecule has 0 N–H and O–H groups in total. The zero-order chi connectivity index (χ0) is 13.7. The van der Waals surface area contributed by atoms with Crippen molar-refractivity contribution < 1.29 is 23.8 Å². The van der Waals surface area contributed by atoms with Crippen LogP contribution in [0, 0.1) is 0 Å². The van der Waals surface area contributed by atoms with Crippen molar-refractivity contribution in [2.75, 3.05) is 7.11 Å². The van der Waals surface area contributed by atoms with Gasteiger partial charge in [0.1, 0.15) is 5.75 Å². The van der Waals surface area contributed by atoms with Gasteiger partial charge in [-0.2, -0.15) is 0 Å². The van der Waals surface area contributed by atoms with Crippen LogP contribution in [0.2, 0.25) is 0 Å². The topological polar surface area (TPSA) is 61.8 Å². The molecule has 0 aromatic heterocycles. The fourth-order valence-corrected chi connectivity index (χ4v) is 1.85. The van der Waals surface area contributed by atoms with Gasteiger partial charge in [-0.05, 0) is 34.1 Å². The van der Waals surface area contributed by atoms with E-state index in [9.17, 15) is 9.59 Å². The molecule has 0 aliphatic rings. The van der Waals surface area contributed by atoms with Gasteiger partial charge in [0.15, 0.2) is 0 Å². The number of carbonyl (C=O) groups excluding carboxylic acids is 2. The first kappa shape index (κ1) is 14.5. The predicted molar refractivity (Wildman–Crippen MR) is 67.0 cm³/mol. The van der Waals surface area contributed by atoms with Gasteiger partial charge in [-0.1, -0.05) is 0 Å². The van der Waals surface area contributed by atoms with Gasteiger partial charge in [0.2, 0.25) is 0 Å². The third-order valence-corrected chi connectivity index (χ3v) is 2.61. The van der Waals surface area contributed by atoms with E-state index in [1.54, 1.807) is 18.2 Å². The molecule has 1 aromatic rings. The van der Waals surface area contributed by atoms with Gasteiger partial charge in [0.25, 0.3) is 6.29 Å². The van der Waals surface area contributed by atoms with E-state index in [2.05, 4.69) is 15.9 Å². The standard InChI is InChI=1S/C12H13BrO5/c1-7(14)17-12(18-8(2)15)9-4-5-11(16-3)10(13)6-9/h4-6,12H,1-3H3. The summed E-state index contributed by atoms with van der Waals surface area (Å²) in [5.41, 5.74) is 0.535. The number of benzene rings is 1. The van der Waals surface area contributed by atoms with E-state index < -0.39 is 18.2 Å². The summed E-state index contributed by atoms with van der Waals surface area (Å²) >= 11 is 3.30. The molecule has 0 radical (unpaired) electrons. The zero-order valence-corrected chi connectivity index (χ0v) is 11.8. The maximum Gasteiger partial charge on any atom is 0.305 e. The van der Waals surface area contributed by atoms with Crippen LogP contribution >= 0.6 is 15.9 Å². The normalized spacial score (nSPS) is 10.1. The highest BCUT2D eigenvalue weighted by Gasteiger charge is 2.19. The Labute approximate surface area is 113 Å². The van der Waals surface area contributed by atoms with Crippen molar-refractivity contribution in [1.29, 1.82) is 0 Å². The summed E-state index contributed by atoms with van der Waals surface area (Å²) in [7, 11) is 1.54. The molecule has 0 spiro atoms. The summed E-state index contributed by atoms with van der Waals surface area (Å²) in [6.45, 7) is 2.49. The summed E-state index contributed by atoms with van der Waals surface area (Å²) in [6, 6.07) is 4.99. The van der Waals surface area contributed by atoms with E-state index in [1.807, 2.05) is 0 Å². The first-order valence-corrected chi connectivity index (χ1v) is 5.91. The van der Waals surface area contributed by atoms with Crippen molar-refractivity contribution in [1.82, 2.24) is 0 Å². The molecule has 0 amide bonds. The molecule has 0 aliphatic carbocycles. The molecule has 5 nitrogen and oxygen atoms in total. The Hall–Kier alpha value is -1.56. The predicted octanol–water partition coefficient (Wildman–Crippen LogP) is 2.58. The number of ether oxygens (including phenoxy) is 3. The van der Waals surface area contributed by atoms with Crippen LogP contribution < -0.4 is 4.74 Å². The van der Waals surface area contributed by atoms with Gasteiger partial charge in [0.05, 0.1) is 11.6 Å². The Balaban J connectivity index is 3.00. The van der Waals surface area contributed by atoms with Crippen LogP contribution in [0.25, 0.3) is 0 Å². The number of esters is 2. The van der Waals surface area contributed by atoms with Gasteiger partial charge < -0.3 is 14.2 Å². The Kier molecular flexibility index (Phi) is 5.15. The summed E-state index contributed by atoms with van der Waals surface area (Å²) < 4.78 is 15.6. The lowest BCUT2D eigenvalue weighted by atomic mass is 10.2. The lowest BCUT2D eigenvalue weighted by Crippen LogP contribution is -2.15. The van der Waals surface area contributed by atoms with Crippen LogP contribution in [0.4, 0.5) is 0 Å². The van der Waals surface area contributed by atoms with Crippen LogP contribution in [-0.4, -0.2) is 19.0 Å². The molecule has 0 heterocycles. The Bertz CT molecular complexity index is 442. The number of halogens is 1. The van der Waals surface area contributed by atoms with Crippen molar-refractivity contribution in [3.8, 4) is 5.75 Å². The van der Waals surface area contributed by atoms with Gasteiger partial charge in [-0.15, -0.1) is 0 Å². The SMILES string of the molecule is COc1ccc(C(OC(C)=O)OC(C)=O)cc1Br. The average molecular weight is 317 g/mol. The van der Waals surface area contributed by atoms with E-state index in [4.69, 9.17) is 14.2 Å². The summed E-state index contributed by atoms with van der Waals surface area (Å²) in [6.07, 6.45) is -1.05. The quantitative estimate of drug-likeness (QED) is 0.631. The molecule has 0 unspecified atom stereocenters. The number of hydrogen-bond donors (Lipinski definition) is 0. The molecule has 1 rings (SSSR count). The van der Waals surface area contributed by atoms with Crippen LogP contribution in [0.3, 0.4) is 0 Å². The van der Waals surface area contributed by atoms with Crippen LogP contribution in [-0.2, 0) is 19.1 Å². The van der Waals surface area contributed by atoms with Crippen molar-refractivity contribution in [2.24, 2.45) is 0 Å². The average Bonchev–Trinajstić information content (AvgIpc) is 2.26. The van der Waals surface area contributed by atoms with Crippen LogP contribution in [0.15, 0.2) is 22.7 Å². The maximum atomic E-state index is 11.0. The minimum atomic E-state index is -1.05. The number of carbonyl (C=O) groups is 2. The van der Waals surface area contributed by atoms with Crippen molar-refractivity contribution in [3.63, 3.8) is 0 Å². The molecule has 0 fully saturated rings. The molecule has 0 saturated carbocycles. The zero-order valence-electron chi connectivity index (χ0n) is 10.2. The summed E-state index contributed by atoms with van der Waals surface area (Å²) in [5, 5.41) is 0. The van der Waals surface area contributed by atoms with Crippen LogP contribution in [0.5, 0.6) is 5.75 Å². The monoisotopic (exact) mass is 316 g/mol. The number of rotatable bonds is 4. The van der Waals surface area contributed by atoms with E-state index >= 15 is 0 Å². The third-order valence-electron chi connectivity index (χ3n) is 1.99. The second-order valence-corrected chi connectivity index (χ2v) is 4.30. The second kappa shape index (κ2) is 6.39. The molecule has 1 aromatic carbocycles. The van der Waals surface area contributed by atoms with Gasteiger partial charge in [-0.3, -0.25) is 9.59 Å². The largest absolute Gasteiger partial charge is 0.496 e. The van der Waals surface area contributed by atoms with Crippen molar-refractivity contribution in [3.05, 3.63) is 28.2 Å². The highest BCUT2D eigenvalue weighted by Crippen LogP contribution is 2.29. The van der Waals surface area contributed by atoms with Gasteiger partial charge in [0, 0.05) is 19.4 Å². The smallest absolute Gasteiger partial charge is 0.305 e. The Morgan fingerprint density at radius 1 is 1.17 bits per heavy atom. The fraction of sp³-hybridized carbons (Fsp3) is 0.333. The lowest BCUT2D eigenvalue weighted by Gasteiger charge is -2.17. The molecule has 0 aliphatic heterocycles.